The number of hydrogen-bond acceptors (Lipinski definition) is 3. The molecule has 4 fully saturated rings. The van der Waals surface area contributed by atoms with Gasteiger partial charge in [-0.05, 0) is 99.4 Å². The molecule has 0 saturated heterocycles. The molecule has 4 aliphatic carbocycles. The van der Waals surface area contributed by atoms with E-state index in [9.17, 15) is 4.79 Å². The van der Waals surface area contributed by atoms with Crippen molar-refractivity contribution < 1.29 is 9.53 Å². The molecule has 4 heteroatoms. The lowest BCUT2D eigenvalue weighted by atomic mass is 9.41. The van der Waals surface area contributed by atoms with E-state index < -0.39 is 0 Å². The number of hydrogen-bond donors (Lipinski definition) is 2. The van der Waals surface area contributed by atoms with Crippen LogP contribution in [0, 0.1) is 23.2 Å². The molecule has 170 valence electrons. The Balaban J connectivity index is 1.39. The molecule has 0 heterocycles. The van der Waals surface area contributed by atoms with Gasteiger partial charge in [-0.15, -0.1) is 0 Å². The van der Waals surface area contributed by atoms with Crippen LogP contribution in [0.15, 0.2) is 30.3 Å². The number of fused-ring (bicyclic) bond motifs is 2. The normalized spacial score (nSPS) is 41.7. The van der Waals surface area contributed by atoms with Gasteiger partial charge in [-0.3, -0.25) is 4.79 Å². The smallest absolute Gasteiger partial charge is 0.223 e. The summed E-state index contributed by atoms with van der Waals surface area (Å²) in [6.45, 7) is 3.68. The second-order valence-electron chi connectivity index (χ2n) is 11.2. The Bertz CT molecular complexity index is 775. The van der Waals surface area contributed by atoms with Gasteiger partial charge in [0.05, 0.1) is 6.61 Å². The molecule has 5 atom stereocenters. The first kappa shape index (κ1) is 21.5. The van der Waals surface area contributed by atoms with Crippen LogP contribution >= 0.6 is 0 Å². The Labute approximate surface area is 187 Å². The van der Waals surface area contributed by atoms with Crippen LogP contribution in [0.5, 0.6) is 0 Å². The maximum atomic E-state index is 13.5. The topological polar surface area (TPSA) is 64.3 Å². The second kappa shape index (κ2) is 8.51. The average Bonchev–Trinajstić information content (AvgIpc) is 2.78. The molecule has 0 aliphatic heterocycles. The summed E-state index contributed by atoms with van der Waals surface area (Å²) in [4.78, 5) is 13.5. The van der Waals surface area contributed by atoms with Crippen molar-refractivity contribution in [2.75, 3.05) is 13.2 Å². The summed E-state index contributed by atoms with van der Waals surface area (Å²) in [5.41, 5.74) is 8.02. The molecule has 3 N–H and O–H groups in total. The number of amides is 1. The van der Waals surface area contributed by atoms with Crippen LogP contribution in [0.4, 0.5) is 0 Å². The lowest BCUT2D eigenvalue weighted by Gasteiger charge is -2.63. The molecule has 1 aromatic carbocycles. The summed E-state index contributed by atoms with van der Waals surface area (Å²) < 4.78 is 6.13. The van der Waals surface area contributed by atoms with E-state index in [1.165, 1.54) is 31.2 Å². The van der Waals surface area contributed by atoms with Gasteiger partial charge in [-0.1, -0.05) is 30.3 Å². The van der Waals surface area contributed by atoms with Crippen molar-refractivity contribution in [2.24, 2.45) is 28.9 Å². The first-order valence-corrected chi connectivity index (χ1v) is 12.7. The Kier molecular flexibility index (Phi) is 5.89. The maximum Gasteiger partial charge on any atom is 0.223 e. The Morgan fingerprint density at radius 3 is 2.65 bits per heavy atom. The summed E-state index contributed by atoms with van der Waals surface area (Å²) in [6, 6.07) is 11.8. The van der Waals surface area contributed by atoms with Crippen LogP contribution in [0.25, 0.3) is 0 Å². The fourth-order valence-corrected chi connectivity index (χ4v) is 8.09. The van der Waals surface area contributed by atoms with Crippen molar-refractivity contribution in [2.45, 2.75) is 88.6 Å². The van der Waals surface area contributed by atoms with E-state index in [1.807, 2.05) is 0 Å². The standard InChI is InChI=1S/C27H40N2O2/c1-2-31-18-27-16-19-14-23(25(30)29-22-10-8-21(28)9-11-22)24(27)12-13-26(15-19,17-27)20-6-4-3-5-7-20/h3-7,19,21-24H,2,8-18,28H2,1H3,(H,29,30)/t19?,21-,22+,23?,24?,26-,27-/m1/s1. The van der Waals surface area contributed by atoms with Crippen molar-refractivity contribution in [3.05, 3.63) is 35.9 Å². The summed E-state index contributed by atoms with van der Waals surface area (Å²) in [5.74, 6) is 1.56. The molecule has 3 unspecified atom stereocenters. The van der Waals surface area contributed by atoms with Crippen molar-refractivity contribution in [3.63, 3.8) is 0 Å². The molecular weight excluding hydrogens is 384 g/mol. The molecule has 0 radical (unpaired) electrons. The predicted octanol–water partition coefficient (Wildman–Crippen LogP) is 4.56. The number of nitrogens with one attached hydrogen (secondary N) is 1. The van der Waals surface area contributed by atoms with Crippen LogP contribution < -0.4 is 11.1 Å². The monoisotopic (exact) mass is 424 g/mol. The Hall–Kier alpha value is -1.39. The van der Waals surface area contributed by atoms with E-state index in [-0.39, 0.29) is 16.7 Å². The Morgan fingerprint density at radius 2 is 1.90 bits per heavy atom. The minimum absolute atomic E-state index is 0.155. The molecule has 4 nitrogen and oxygen atoms in total. The largest absolute Gasteiger partial charge is 0.381 e. The predicted molar refractivity (Wildman–Crippen MR) is 124 cm³/mol. The van der Waals surface area contributed by atoms with Crippen LogP contribution in [0.2, 0.25) is 0 Å². The lowest BCUT2D eigenvalue weighted by molar-refractivity contribution is -0.158. The molecular formula is C27H40N2O2. The number of carbonyl (C=O) groups is 1. The van der Waals surface area contributed by atoms with E-state index in [1.54, 1.807) is 0 Å². The molecule has 1 aromatic rings. The summed E-state index contributed by atoms with van der Waals surface area (Å²) in [6.07, 6.45) is 11.2. The van der Waals surface area contributed by atoms with E-state index in [0.717, 1.165) is 51.7 Å². The zero-order chi connectivity index (χ0) is 21.5. The highest BCUT2D eigenvalue weighted by Gasteiger charge is 2.61. The quantitative estimate of drug-likeness (QED) is 0.703. The van der Waals surface area contributed by atoms with Gasteiger partial charge in [-0.25, -0.2) is 0 Å². The summed E-state index contributed by atoms with van der Waals surface area (Å²) in [7, 11) is 0. The molecule has 0 spiro atoms. The van der Waals surface area contributed by atoms with Gasteiger partial charge in [0.2, 0.25) is 5.91 Å². The van der Waals surface area contributed by atoms with Crippen LogP contribution in [0.3, 0.4) is 0 Å². The van der Waals surface area contributed by atoms with Gasteiger partial charge >= 0.3 is 0 Å². The average molecular weight is 425 g/mol. The first-order chi connectivity index (χ1) is 15.0. The van der Waals surface area contributed by atoms with Gasteiger partial charge in [0.25, 0.3) is 0 Å². The van der Waals surface area contributed by atoms with E-state index in [4.69, 9.17) is 10.5 Å². The lowest BCUT2D eigenvalue weighted by Crippen LogP contribution is -2.60. The highest BCUT2D eigenvalue weighted by molar-refractivity contribution is 5.79. The van der Waals surface area contributed by atoms with Gasteiger partial charge in [0, 0.05) is 24.6 Å². The summed E-state index contributed by atoms with van der Waals surface area (Å²) in [5, 5.41) is 3.46. The summed E-state index contributed by atoms with van der Waals surface area (Å²) >= 11 is 0. The minimum atomic E-state index is 0.155. The number of rotatable bonds is 6. The zero-order valence-electron chi connectivity index (χ0n) is 19.2. The van der Waals surface area contributed by atoms with E-state index in [0.29, 0.717) is 29.8 Å². The van der Waals surface area contributed by atoms with Gasteiger partial charge in [-0.2, -0.15) is 0 Å². The third-order valence-corrected chi connectivity index (χ3v) is 9.29. The SMILES string of the molecule is CCOC[C@]12CC3CC(C(=O)N[C@H]4CC[C@@H](N)CC4)C1CC[C@@](c1ccccc1)(C3)C2. The highest BCUT2D eigenvalue weighted by Crippen LogP contribution is 2.66. The minimum Gasteiger partial charge on any atom is -0.381 e. The fourth-order valence-electron chi connectivity index (χ4n) is 8.09. The molecule has 4 saturated carbocycles. The molecule has 4 aliphatic rings. The molecule has 1 amide bonds. The second-order valence-corrected chi connectivity index (χ2v) is 11.2. The van der Waals surface area contributed by atoms with Crippen molar-refractivity contribution >= 4 is 5.91 Å². The van der Waals surface area contributed by atoms with Gasteiger partial charge in [0.15, 0.2) is 0 Å². The maximum absolute atomic E-state index is 13.5. The van der Waals surface area contributed by atoms with E-state index >= 15 is 0 Å². The number of nitrogens with two attached hydrogens (primary N) is 1. The first-order valence-electron chi connectivity index (χ1n) is 12.7. The zero-order valence-corrected chi connectivity index (χ0v) is 19.2. The van der Waals surface area contributed by atoms with E-state index in [2.05, 4.69) is 42.6 Å². The molecule has 31 heavy (non-hydrogen) atoms. The van der Waals surface area contributed by atoms with Crippen molar-refractivity contribution in [1.82, 2.24) is 5.32 Å². The van der Waals surface area contributed by atoms with Crippen LogP contribution in [-0.2, 0) is 14.9 Å². The third kappa shape index (κ3) is 3.95. The number of benzene rings is 1. The van der Waals surface area contributed by atoms with Crippen LogP contribution in [-0.4, -0.2) is 31.2 Å². The van der Waals surface area contributed by atoms with Crippen molar-refractivity contribution in [1.29, 1.82) is 0 Å². The number of ether oxygens (including phenoxy) is 1. The molecule has 0 aromatic heterocycles. The van der Waals surface area contributed by atoms with Crippen LogP contribution in [0.1, 0.15) is 76.7 Å². The highest BCUT2D eigenvalue weighted by atomic mass is 16.5. The van der Waals surface area contributed by atoms with Crippen molar-refractivity contribution in [3.8, 4) is 0 Å². The fraction of sp³-hybridized carbons (Fsp3) is 0.741. The van der Waals surface area contributed by atoms with Gasteiger partial charge in [0.1, 0.15) is 0 Å². The Morgan fingerprint density at radius 1 is 1.13 bits per heavy atom. The van der Waals surface area contributed by atoms with Gasteiger partial charge < -0.3 is 15.8 Å². The number of carbonyl (C=O) groups excluding carboxylic acids is 1. The third-order valence-electron chi connectivity index (χ3n) is 9.29. The molecule has 3 bridgehead atoms. The molecule has 5 rings (SSSR count).